The Morgan fingerprint density at radius 2 is 1.09 bits per heavy atom. The fraction of sp³-hybridized carbons (Fsp3) is 0.935. The van der Waals surface area contributed by atoms with Crippen LogP contribution in [0.4, 0.5) is 0 Å². The van der Waals surface area contributed by atoms with Crippen molar-refractivity contribution in [3.63, 3.8) is 0 Å². The summed E-state index contributed by atoms with van der Waals surface area (Å²) < 4.78 is 0. The minimum Gasteiger partial charge on any atom is -0.481 e. The highest BCUT2D eigenvalue weighted by Gasteiger charge is 2.50. The molecule has 0 saturated carbocycles. The molecule has 0 amide bonds. The van der Waals surface area contributed by atoms with Crippen LogP contribution in [-0.4, -0.2) is 22.2 Å². The third-order valence-corrected chi connectivity index (χ3v) is 8.49. The van der Waals surface area contributed by atoms with Crippen LogP contribution in [0.15, 0.2) is 0 Å². The van der Waals surface area contributed by atoms with E-state index in [4.69, 9.17) is 0 Å². The van der Waals surface area contributed by atoms with Crippen molar-refractivity contribution in [3.8, 4) is 0 Å². The molecule has 4 heteroatoms. The van der Waals surface area contributed by atoms with Crippen LogP contribution in [0.3, 0.4) is 0 Å². The van der Waals surface area contributed by atoms with Gasteiger partial charge in [0.2, 0.25) is 0 Å². The lowest BCUT2D eigenvalue weighted by molar-refractivity contribution is -0.162. The average Bonchev–Trinajstić information content (AvgIpc) is 2.81. The summed E-state index contributed by atoms with van der Waals surface area (Å²) in [5.74, 6) is -1.29. The normalized spacial score (nSPS) is 15.9. The zero-order chi connectivity index (χ0) is 26.5. The van der Waals surface area contributed by atoms with Gasteiger partial charge in [0.15, 0.2) is 0 Å². The van der Waals surface area contributed by atoms with E-state index in [9.17, 15) is 19.8 Å². The first-order valence-electron chi connectivity index (χ1n) is 15.2. The number of hydrogen-bond donors (Lipinski definition) is 2. The smallest absolute Gasteiger partial charge is 0.310 e. The highest BCUT2D eigenvalue weighted by atomic mass is 16.4. The van der Waals surface area contributed by atoms with Gasteiger partial charge in [0.05, 0.1) is 5.41 Å². The minimum atomic E-state index is -0.823. The maximum absolute atomic E-state index is 13.1. The van der Waals surface area contributed by atoms with E-state index in [1.54, 1.807) is 0 Å². The van der Waals surface area contributed by atoms with E-state index in [1.807, 2.05) is 0 Å². The molecule has 0 fully saturated rings. The molecule has 0 aliphatic heterocycles. The van der Waals surface area contributed by atoms with Crippen molar-refractivity contribution >= 4 is 11.9 Å². The van der Waals surface area contributed by atoms with E-state index in [0.717, 1.165) is 64.2 Å². The highest BCUT2D eigenvalue weighted by molar-refractivity contribution is 5.76. The number of hydrogen-bond acceptors (Lipinski definition) is 2. The van der Waals surface area contributed by atoms with Gasteiger partial charge in [-0.3, -0.25) is 9.59 Å². The largest absolute Gasteiger partial charge is 0.481 e. The number of unbranched alkanes of at least 4 members (excludes halogenated alkanes) is 12. The quantitative estimate of drug-likeness (QED) is 0.123. The standard InChI is InChI=1S/C31H60O4/c1-6-9-12-13-14-15-16-17-20-25-31(30(34)35,27(5)22-19-11-8-3)28(23-24-29(32)33)26(4)21-18-10-7-2/h26-28H,6-25H2,1-5H3,(H,32,33)(H,34,35). The molecular formula is C31H60O4. The van der Waals surface area contributed by atoms with Gasteiger partial charge in [-0.15, -0.1) is 0 Å². The van der Waals surface area contributed by atoms with Gasteiger partial charge in [-0.05, 0) is 37.0 Å². The summed E-state index contributed by atoms with van der Waals surface area (Å²) in [4.78, 5) is 24.7. The van der Waals surface area contributed by atoms with Gasteiger partial charge >= 0.3 is 11.9 Å². The molecule has 0 aliphatic rings. The Hall–Kier alpha value is -1.06. The van der Waals surface area contributed by atoms with E-state index < -0.39 is 17.4 Å². The zero-order valence-corrected chi connectivity index (χ0v) is 24.1. The molecule has 2 N–H and O–H groups in total. The molecule has 4 unspecified atom stereocenters. The van der Waals surface area contributed by atoms with Crippen molar-refractivity contribution in [1.82, 2.24) is 0 Å². The Kier molecular flexibility index (Phi) is 20.4. The van der Waals surface area contributed by atoms with Crippen LogP contribution in [0.1, 0.15) is 163 Å². The number of rotatable bonds is 25. The van der Waals surface area contributed by atoms with Gasteiger partial charge in [0.1, 0.15) is 0 Å². The van der Waals surface area contributed by atoms with Crippen molar-refractivity contribution in [1.29, 1.82) is 0 Å². The summed E-state index contributed by atoms with van der Waals surface area (Å²) in [7, 11) is 0. The molecule has 4 nitrogen and oxygen atoms in total. The average molecular weight is 497 g/mol. The second-order valence-electron chi connectivity index (χ2n) is 11.3. The van der Waals surface area contributed by atoms with Crippen LogP contribution in [0.5, 0.6) is 0 Å². The van der Waals surface area contributed by atoms with Crippen LogP contribution in [-0.2, 0) is 9.59 Å². The number of carboxylic acids is 2. The molecule has 0 rings (SSSR count). The van der Waals surface area contributed by atoms with Crippen molar-refractivity contribution < 1.29 is 19.8 Å². The first-order chi connectivity index (χ1) is 16.8. The Balaban J connectivity index is 5.56. The third kappa shape index (κ3) is 13.7. The molecule has 208 valence electrons. The van der Waals surface area contributed by atoms with Crippen LogP contribution < -0.4 is 0 Å². The van der Waals surface area contributed by atoms with E-state index in [2.05, 4.69) is 34.6 Å². The number of carboxylic acid groups (broad SMARTS) is 2. The highest BCUT2D eigenvalue weighted by Crippen LogP contribution is 2.49. The van der Waals surface area contributed by atoms with Gasteiger partial charge in [-0.2, -0.15) is 0 Å². The predicted molar refractivity (Wildman–Crippen MR) is 149 cm³/mol. The maximum Gasteiger partial charge on any atom is 0.310 e. The SMILES string of the molecule is CCCCCCCCCCCC(C(=O)O)(C(C)CCCCC)C(CCC(=O)O)C(C)CCCCC. The molecular weight excluding hydrogens is 436 g/mol. The van der Waals surface area contributed by atoms with Crippen LogP contribution in [0, 0.1) is 23.2 Å². The third-order valence-electron chi connectivity index (χ3n) is 8.49. The van der Waals surface area contributed by atoms with E-state index in [0.29, 0.717) is 12.8 Å². The minimum absolute atomic E-state index is 0.0630. The molecule has 35 heavy (non-hydrogen) atoms. The summed E-state index contributed by atoms with van der Waals surface area (Å²) in [6.07, 6.45) is 20.8. The van der Waals surface area contributed by atoms with Gasteiger partial charge in [-0.1, -0.05) is 137 Å². The van der Waals surface area contributed by atoms with Gasteiger partial charge in [0.25, 0.3) is 0 Å². The Morgan fingerprint density at radius 3 is 1.57 bits per heavy atom. The zero-order valence-electron chi connectivity index (χ0n) is 24.1. The second-order valence-corrected chi connectivity index (χ2v) is 11.3. The monoisotopic (exact) mass is 496 g/mol. The molecule has 0 radical (unpaired) electrons. The number of aliphatic carboxylic acids is 2. The fourth-order valence-corrected chi connectivity index (χ4v) is 6.21. The lowest BCUT2D eigenvalue weighted by Gasteiger charge is -2.45. The Morgan fingerprint density at radius 1 is 0.629 bits per heavy atom. The molecule has 0 aromatic rings. The van der Waals surface area contributed by atoms with Crippen molar-refractivity contribution in [2.24, 2.45) is 23.2 Å². The second kappa shape index (κ2) is 21.1. The Bertz CT molecular complexity index is 532. The molecule has 0 aromatic carbocycles. The molecule has 0 heterocycles. The van der Waals surface area contributed by atoms with E-state index >= 15 is 0 Å². The lowest BCUT2D eigenvalue weighted by atomic mass is 9.58. The van der Waals surface area contributed by atoms with Gasteiger partial charge in [0, 0.05) is 6.42 Å². The van der Waals surface area contributed by atoms with E-state index in [1.165, 1.54) is 44.9 Å². The molecule has 0 aliphatic carbocycles. The van der Waals surface area contributed by atoms with Crippen LogP contribution >= 0.6 is 0 Å². The summed E-state index contributed by atoms with van der Waals surface area (Å²) in [6, 6.07) is 0. The first kappa shape index (κ1) is 33.9. The van der Waals surface area contributed by atoms with Crippen molar-refractivity contribution in [3.05, 3.63) is 0 Å². The molecule has 0 bridgehead atoms. The van der Waals surface area contributed by atoms with Crippen LogP contribution in [0.25, 0.3) is 0 Å². The predicted octanol–water partition coefficient (Wildman–Crippen LogP) is 9.89. The summed E-state index contributed by atoms with van der Waals surface area (Å²) in [5, 5.41) is 20.3. The molecule has 4 atom stereocenters. The first-order valence-corrected chi connectivity index (χ1v) is 15.2. The van der Waals surface area contributed by atoms with Crippen molar-refractivity contribution in [2.45, 2.75) is 163 Å². The summed E-state index contributed by atoms with van der Waals surface area (Å²) >= 11 is 0. The summed E-state index contributed by atoms with van der Waals surface area (Å²) in [6.45, 7) is 10.9. The topological polar surface area (TPSA) is 74.6 Å². The molecule has 0 spiro atoms. The van der Waals surface area contributed by atoms with Crippen LogP contribution in [0.2, 0.25) is 0 Å². The van der Waals surface area contributed by atoms with Gasteiger partial charge in [-0.25, -0.2) is 0 Å². The molecule has 0 aromatic heterocycles. The van der Waals surface area contributed by atoms with E-state index in [-0.39, 0.29) is 24.2 Å². The summed E-state index contributed by atoms with van der Waals surface area (Å²) in [5.41, 5.74) is -0.823. The number of carbonyl (C=O) groups is 2. The fourth-order valence-electron chi connectivity index (χ4n) is 6.21. The lowest BCUT2D eigenvalue weighted by Crippen LogP contribution is -2.47. The van der Waals surface area contributed by atoms with Gasteiger partial charge < -0.3 is 10.2 Å². The molecule has 0 saturated heterocycles. The Labute approximate surface area is 218 Å². The maximum atomic E-state index is 13.1. The van der Waals surface area contributed by atoms with Crippen molar-refractivity contribution in [2.75, 3.05) is 0 Å².